The lowest BCUT2D eigenvalue weighted by molar-refractivity contribution is -0.149. The van der Waals surface area contributed by atoms with E-state index >= 15 is 0 Å². The molecule has 6 heteroatoms. The van der Waals surface area contributed by atoms with E-state index in [1.54, 1.807) is 12.1 Å². The van der Waals surface area contributed by atoms with Crippen molar-refractivity contribution in [1.82, 2.24) is 10.2 Å². The minimum atomic E-state index is -0.951. The van der Waals surface area contributed by atoms with Crippen LogP contribution < -0.4 is 5.32 Å². The Morgan fingerprint density at radius 1 is 1.15 bits per heavy atom. The van der Waals surface area contributed by atoms with Crippen molar-refractivity contribution in [1.29, 1.82) is 0 Å². The maximum Gasteiger partial charge on any atom is 0.326 e. The lowest BCUT2D eigenvalue weighted by Crippen LogP contribution is -2.50. The molecule has 1 aliphatic carbocycles. The summed E-state index contributed by atoms with van der Waals surface area (Å²) in [6.07, 6.45) is 4.47. The number of carboxylic acids is 1. The Bertz CT molecular complexity index is 731. The summed E-state index contributed by atoms with van der Waals surface area (Å²) in [5, 5.41) is 12.2. The number of hydrogen-bond acceptors (Lipinski definition) is 3. The van der Waals surface area contributed by atoms with E-state index in [2.05, 4.69) is 5.32 Å². The number of carbonyl (C=O) groups excluding carboxylic acids is 2. The SMILES string of the molecule is Cc1ccc(C(=O)NCC(=O)N2C(C(=O)O)CC3CCCCC32)cc1C. The van der Waals surface area contributed by atoms with E-state index in [0.29, 0.717) is 12.0 Å². The molecule has 1 saturated carbocycles. The van der Waals surface area contributed by atoms with Gasteiger partial charge in [0.05, 0.1) is 6.54 Å². The molecule has 3 rings (SSSR count). The molecule has 2 N–H and O–H groups in total. The summed E-state index contributed by atoms with van der Waals surface area (Å²) in [7, 11) is 0. The van der Waals surface area contributed by atoms with Gasteiger partial charge >= 0.3 is 5.97 Å². The second-order valence-corrected chi connectivity index (χ2v) is 7.48. The maximum atomic E-state index is 12.7. The van der Waals surface area contributed by atoms with Gasteiger partial charge in [0, 0.05) is 11.6 Å². The van der Waals surface area contributed by atoms with E-state index in [4.69, 9.17) is 0 Å². The summed E-state index contributed by atoms with van der Waals surface area (Å²) >= 11 is 0. The number of fused-ring (bicyclic) bond motifs is 1. The van der Waals surface area contributed by atoms with Gasteiger partial charge in [0.2, 0.25) is 5.91 Å². The Kier molecular flexibility index (Phi) is 5.30. The predicted octanol–water partition coefficient (Wildman–Crippen LogP) is 2.28. The number of benzene rings is 1. The van der Waals surface area contributed by atoms with E-state index < -0.39 is 12.0 Å². The van der Waals surface area contributed by atoms with E-state index in [1.165, 1.54) is 4.90 Å². The lowest BCUT2D eigenvalue weighted by Gasteiger charge is -2.33. The van der Waals surface area contributed by atoms with Crippen molar-refractivity contribution in [3.8, 4) is 0 Å². The molecule has 1 aliphatic heterocycles. The van der Waals surface area contributed by atoms with Crippen LogP contribution in [0.5, 0.6) is 0 Å². The van der Waals surface area contributed by atoms with Crippen LogP contribution in [0.2, 0.25) is 0 Å². The average Bonchev–Trinajstić information content (AvgIpc) is 3.01. The first-order chi connectivity index (χ1) is 12.4. The van der Waals surface area contributed by atoms with Crippen LogP contribution in [0.1, 0.15) is 53.6 Å². The van der Waals surface area contributed by atoms with Crippen LogP contribution >= 0.6 is 0 Å². The quantitative estimate of drug-likeness (QED) is 0.864. The number of hydrogen-bond donors (Lipinski definition) is 2. The van der Waals surface area contributed by atoms with Gasteiger partial charge < -0.3 is 15.3 Å². The van der Waals surface area contributed by atoms with Gasteiger partial charge in [-0.25, -0.2) is 4.79 Å². The molecule has 140 valence electrons. The van der Waals surface area contributed by atoms with Crippen molar-refractivity contribution < 1.29 is 19.5 Å². The van der Waals surface area contributed by atoms with Gasteiger partial charge in [0.15, 0.2) is 0 Å². The normalized spacial score (nSPS) is 24.8. The molecule has 1 aromatic carbocycles. The summed E-state index contributed by atoms with van der Waals surface area (Å²) in [5.74, 6) is -1.30. The smallest absolute Gasteiger partial charge is 0.326 e. The van der Waals surface area contributed by atoms with E-state index in [0.717, 1.165) is 36.8 Å². The molecule has 26 heavy (non-hydrogen) atoms. The number of carbonyl (C=O) groups is 3. The molecule has 0 bridgehead atoms. The highest BCUT2D eigenvalue weighted by Gasteiger charge is 2.47. The molecule has 6 nitrogen and oxygen atoms in total. The molecule has 2 fully saturated rings. The van der Waals surface area contributed by atoms with E-state index in [1.807, 2.05) is 19.9 Å². The fraction of sp³-hybridized carbons (Fsp3) is 0.550. The summed E-state index contributed by atoms with van der Waals surface area (Å²) in [5.41, 5.74) is 2.62. The molecule has 3 atom stereocenters. The topological polar surface area (TPSA) is 86.7 Å². The van der Waals surface area contributed by atoms with Crippen molar-refractivity contribution in [3.05, 3.63) is 34.9 Å². The number of aliphatic carboxylic acids is 1. The number of rotatable bonds is 4. The zero-order valence-corrected chi connectivity index (χ0v) is 15.3. The lowest BCUT2D eigenvalue weighted by atomic mass is 9.85. The summed E-state index contributed by atoms with van der Waals surface area (Å²) in [6.45, 7) is 3.74. The van der Waals surface area contributed by atoms with Crippen molar-refractivity contribution in [2.24, 2.45) is 5.92 Å². The van der Waals surface area contributed by atoms with Crippen molar-refractivity contribution >= 4 is 17.8 Å². The molecule has 3 unspecified atom stereocenters. The second-order valence-electron chi connectivity index (χ2n) is 7.48. The Hall–Kier alpha value is -2.37. The number of aryl methyl sites for hydroxylation is 2. The molecule has 1 saturated heterocycles. The van der Waals surface area contributed by atoms with Gasteiger partial charge in [-0.2, -0.15) is 0 Å². The van der Waals surface area contributed by atoms with Gasteiger partial charge in [0.25, 0.3) is 5.91 Å². The molecule has 0 radical (unpaired) electrons. The molecule has 1 heterocycles. The van der Waals surface area contributed by atoms with Crippen molar-refractivity contribution in [2.75, 3.05) is 6.54 Å². The van der Waals surface area contributed by atoms with Crippen LogP contribution in [-0.2, 0) is 9.59 Å². The molecular weight excluding hydrogens is 332 g/mol. The maximum absolute atomic E-state index is 12.7. The average molecular weight is 358 g/mol. The molecule has 2 aliphatic rings. The third-order valence-corrected chi connectivity index (χ3v) is 5.83. The monoisotopic (exact) mass is 358 g/mol. The van der Waals surface area contributed by atoms with Gasteiger partial charge in [0.1, 0.15) is 6.04 Å². The number of carboxylic acid groups (broad SMARTS) is 1. The molecule has 2 amide bonds. The second kappa shape index (κ2) is 7.48. The van der Waals surface area contributed by atoms with Crippen LogP contribution in [0.15, 0.2) is 18.2 Å². The minimum Gasteiger partial charge on any atom is -0.480 e. The van der Waals surface area contributed by atoms with Crippen molar-refractivity contribution in [2.45, 2.75) is 58.0 Å². The first kappa shape index (κ1) is 18.4. The first-order valence-corrected chi connectivity index (χ1v) is 9.28. The van der Waals surface area contributed by atoms with Gasteiger partial charge in [-0.15, -0.1) is 0 Å². The van der Waals surface area contributed by atoms with E-state index in [9.17, 15) is 19.5 Å². The van der Waals surface area contributed by atoms with Gasteiger partial charge in [-0.05, 0) is 62.3 Å². The molecule has 0 aromatic heterocycles. The standard InChI is InChI=1S/C20H26N2O4/c1-12-7-8-15(9-13(12)2)19(24)21-11-18(23)22-16-6-4-3-5-14(16)10-17(22)20(25)26/h7-9,14,16-17H,3-6,10-11H2,1-2H3,(H,21,24)(H,25,26). The van der Waals surface area contributed by atoms with Crippen LogP contribution in [-0.4, -0.2) is 46.4 Å². The third kappa shape index (κ3) is 3.59. The van der Waals surface area contributed by atoms with Crippen LogP contribution in [0.3, 0.4) is 0 Å². The zero-order chi connectivity index (χ0) is 18.8. The Balaban J connectivity index is 1.66. The predicted molar refractivity (Wildman–Crippen MR) is 96.9 cm³/mol. The van der Waals surface area contributed by atoms with Crippen LogP contribution in [0, 0.1) is 19.8 Å². The number of likely N-dealkylation sites (tertiary alicyclic amines) is 1. The molecule has 0 spiro atoms. The highest BCUT2D eigenvalue weighted by molar-refractivity contribution is 5.97. The summed E-state index contributed by atoms with van der Waals surface area (Å²) in [4.78, 5) is 38.2. The fourth-order valence-corrected chi connectivity index (χ4v) is 4.27. The first-order valence-electron chi connectivity index (χ1n) is 9.28. The third-order valence-electron chi connectivity index (χ3n) is 5.83. The Labute approximate surface area is 153 Å². The summed E-state index contributed by atoms with van der Waals surface area (Å²) in [6, 6.07) is 4.63. The zero-order valence-electron chi connectivity index (χ0n) is 15.3. The Morgan fingerprint density at radius 3 is 2.58 bits per heavy atom. The fourth-order valence-electron chi connectivity index (χ4n) is 4.27. The van der Waals surface area contributed by atoms with Gasteiger partial charge in [-0.1, -0.05) is 18.9 Å². The van der Waals surface area contributed by atoms with Crippen LogP contribution in [0.4, 0.5) is 0 Å². The van der Waals surface area contributed by atoms with Crippen LogP contribution in [0.25, 0.3) is 0 Å². The number of nitrogens with zero attached hydrogens (tertiary/aromatic N) is 1. The highest BCUT2D eigenvalue weighted by atomic mass is 16.4. The van der Waals surface area contributed by atoms with Crippen molar-refractivity contribution in [3.63, 3.8) is 0 Å². The minimum absolute atomic E-state index is 0.00382. The number of nitrogens with one attached hydrogen (secondary N) is 1. The summed E-state index contributed by atoms with van der Waals surface area (Å²) < 4.78 is 0. The molecule has 1 aromatic rings. The largest absolute Gasteiger partial charge is 0.480 e. The van der Waals surface area contributed by atoms with E-state index in [-0.39, 0.29) is 30.3 Å². The Morgan fingerprint density at radius 2 is 1.88 bits per heavy atom. The van der Waals surface area contributed by atoms with Gasteiger partial charge in [-0.3, -0.25) is 9.59 Å². The number of amides is 2. The molecular formula is C20H26N2O4. The highest BCUT2D eigenvalue weighted by Crippen LogP contribution is 2.39.